The van der Waals surface area contributed by atoms with E-state index in [2.05, 4.69) is 57.8 Å². The van der Waals surface area contributed by atoms with Crippen molar-refractivity contribution in [1.82, 2.24) is 4.98 Å². The Labute approximate surface area is 110 Å². The molecular formula is C17H21N. The van der Waals surface area contributed by atoms with Crippen molar-refractivity contribution >= 4 is 0 Å². The standard InChI is InChI=1S/C17H21N/c1-12-10-14(17(3,4)5)11-13(2)16(12)15-8-6-7-9-18-15/h6-11H,1-5H3. The smallest absolute Gasteiger partial charge is 0.0707 e. The average molecular weight is 239 g/mol. The van der Waals surface area contributed by atoms with Gasteiger partial charge >= 0.3 is 0 Å². The van der Waals surface area contributed by atoms with E-state index in [1.165, 1.54) is 22.3 Å². The second-order valence-electron chi connectivity index (χ2n) is 5.95. The van der Waals surface area contributed by atoms with Gasteiger partial charge in [0, 0.05) is 11.8 Å². The molecule has 0 spiro atoms. The third-order valence-corrected chi connectivity index (χ3v) is 3.32. The molecule has 1 nitrogen and oxygen atoms in total. The predicted octanol–water partition coefficient (Wildman–Crippen LogP) is 4.66. The molecule has 1 aromatic heterocycles. The van der Waals surface area contributed by atoms with Crippen LogP contribution < -0.4 is 0 Å². The third kappa shape index (κ3) is 2.45. The predicted molar refractivity (Wildman–Crippen MR) is 77.8 cm³/mol. The fourth-order valence-corrected chi connectivity index (χ4v) is 2.31. The average Bonchev–Trinajstić information content (AvgIpc) is 2.28. The van der Waals surface area contributed by atoms with Gasteiger partial charge in [0.1, 0.15) is 0 Å². The first kappa shape index (κ1) is 12.8. The van der Waals surface area contributed by atoms with Crippen LogP contribution in [0.1, 0.15) is 37.5 Å². The first-order valence-electron chi connectivity index (χ1n) is 6.43. The van der Waals surface area contributed by atoms with Crippen molar-refractivity contribution < 1.29 is 0 Å². The summed E-state index contributed by atoms with van der Waals surface area (Å²) in [5.41, 5.74) is 6.52. The summed E-state index contributed by atoms with van der Waals surface area (Å²) < 4.78 is 0. The Balaban J connectivity index is 2.59. The molecule has 0 aliphatic heterocycles. The zero-order valence-corrected chi connectivity index (χ0v) is 11.9. The number of aryl methyl sites for hydroxylation is 2. The zero-order valence-electron chi connectivity index (χ0n) is 11.9. The first-order chi connectivity index (χ1) is 8.39. The molecule has 0 radical (unpaired) electrons. The van der Waals surface area contributed by atoms with Crippen LogP contribution >= 0.6 is 0 Å². The Kier molecular flexibility index (Phi) is 3.25. The van der Waals surface area contributed by atoms with E-state index in [-0.39, 0.29) is 5.41 Å². The summed E-state index contributed by atoms with van der Waals surface area (Å²) >= 11 is 0. The van der Waals surface area contributed by atoms with E-state index in [1.54, 1.807) is 0 Å². The van der Waals surface area contributed by atoms with Crippen LogP contribution in [-0.2, 0) is 5.41 Å². The Morgan fingerprint density at radius 2 is 1.56 bits per heavy atom. The number of hydrogen-bond acceptors (Lipinski definition) is 1. The fraction of sp³-hybridized carbons (Fsp3) is 0.353. The molecule has 0 bridgehead atoms. The molecule has 0 amide bonds. The van der Waals surface area contributed by atoms with E-state index in [1.807, 2.05) is 18.3 Å². The van der Waals surface area contributed by atoms with Crippen molar-refractivity contribution in [3.8, 4) is 11.3 Å². The van der Waals surface area contributed by atoms with Gasteiger partial charge < -0.3 is 0 Å². The van der Waals surface area contributed by atoms with E-state index in [0.29, 0.717) is 0 Å². The molecule has 0 fully saturated rings. The highest BCUT2D eigenvalue weighted by Crippen LogP contribution is 2.31. The second kappa shape index (κ2) is 4.56. The fourth-order valence-electron chi connectivity index (χ4n) is 2.31. The molecule has 0 aliphatic carbocycles. The molecule has 18 heavy (non-hydrogen) atoms. The lowest BCUT2D eigenvalue weighted by molar-refractivity contribution is 0.589. The minimum atomic E-state index is 0.193. The molecule has 0 saturated heterocycles. The van der Waals surface area contributed by atoms with E-state index in [0.717, 1.165) is 5.69 Å². The van der Waals surface area contributed by atoms with Crippen molar-refractivity contribution in [2.24, 2.45) is 0 Å². The molecule has 94 valence electrons. The van der Waals surface area contributed by atoms with Gasteiger partial charge in [-0.2, -0.15) is 0 Å². The highest BCUT2D eigenvalue weighted by molar-refractivity contribution is 5.68. The molecule has 0 saturated carbocycles. The number of nitrogens with zero attached hydrogens (tertiary/aromatic N) is 1. The molecular weight excluding hydrogens is 218 g/mol. The van der Waals surface area contributed by atoms with Crippen LogP contribution in [0.15, 0.2) is 36.5 Å². The van der Waals surface area contributed by atoms with Crippen LogP contribution in [0.25, 0.3) is 11.3 Å². The topological polar surface area (TPSA) is 12.9 Å². The van der Waals surface area contributed by atoms with Crippen LogP contribution in [-0.4, -0.2) is 4.98 Å². The van der Waals surface area contributed by atoms with E-state index < -0.39 is 0 Å². The van der Waals surface area contributed by atoms with E-state index in [4.69, 9.17) is 0 Å². The summed E-state index contributed by atoms with van der Waals surface area (Å²) in [5, 5.41) is 0. The Morgan fingerprint density at radius 3 is 2.00 bits per heavy atom. The van der Waals surface area contributed by atoms with Gasteiger partial charge in [0.25, 0.3) is 0 Å². The molecule has 1 heterocycles. The number of pyridine rings is 1. The first-order valence-corrected chi connectivity index (χ1v) is 6.43. The van der Waals surface area contributed by atoms with Crippen LogP contribution in [0.5, 0.6) is 0 Å². The molecule has 2 rings (SSSR count). The molecule has 0 unspecified atom stereocenters. The van der Waals surface area contributed by atoms with Gasteiger partial charge in [-0.15, -0.1) is 0 Å². The summed E-state index contributed by atoms with van der Waals surface area (Å²) in [6, 6.07) is 10.6. The summed E-state index contributed by atoms with van der Waals surface area (Å²) in [6.07, 6.45) is 1.85. The number of aromatic nitrogens is 1. The van der Waals surface area contributed by atoms with Crippen LogP contribution in [0, 0.1) is 13.8 Å². The lowest BCUT2D eigenvalue weighted by Gasteiger charge is -2.22. The van der Waals surface area contributed by atoms with Crippen LogP contribution in [0.4, 0.5) is 0 Å². The molecule has 2 aromatic rings. The summed E-state index contributed by atoms with van der Waals surface area (Å²) in [6.45, 7) is 11.1. The molecule has 0 aliphatic rings. The normalized spacial score (nSPS) is 11.6. The van der Waals surface area contributed by atoms with Gasteiger partial charge in [0.2, 0.25) is 0 Å². The highest BCUT2D eigenvalue weighted by atomic mass is 14.7. The number of rotatable bonds is 1. The minimum Gasteiger partial charge on any atom is -0.256 e. The maximum Gasteiger partial charge on any atom is 0.0707 e. The monoisotopic (exact) mass is 239 g/mol. The molecule has 0 atom stereocenters. The Bertz CT molecular complexity index is 525. The maximum absolute atomic E-state index is 4.46. The van der Waals surface area contributed by atoms with Crippen molar-refractivity contribution in [3.63, 3.8) is 0 Å². The van der Waals surface area contributed by atoms with Crippen LogP contribution in [0.3, 0.4) is 0 Å². The summed E-state index contributed by atoms with van der Waals surface area (Å²) in [5.74, 6) is 0. The van der Waals surface area contributed by atoms with Crippen LogP contribution in [0.2, 0.25) is 0 Å². The lowest BCUT2D eigenvalue weighted by Crippen LogP contribution is -2.12. The largest absolute Gasteiger partial charge is 0.256 e. The van der Waals surface area contributed by atoms with Gasteiger partial charge in [-0.25, -0.2) is 0 Å². The summed E-state index contributed by atoms with van der Waals surface area (Å²) in [4.78, 5) is 4.46. The summed E-state index contributed by atoms with van der Waals surface area (Å²) in [7, 11) is 0. The van der Waals surface area contributed by atoms with E-state index >= 15 is 0 Å². The van der Waals surface area contributed by atoms with Gasteiger partial charge in [-0.1, -0.05) is 39.0 Å². The van der Waals surface area contributed by atoms with Gasteiger partial charge in [0.05, 0.1) is 5.69 Å². The second-order valence-corrected chi connectivity index (χ2v) is 5.95. The van der Waals surface area contributed by atoms with Crippen molar-refractivity contribution in [2.45, 2.75) is 40.0 Å². The molecule has 0 N–H and O–H groups in total. The Morgan fingerprint density at radius 1 is 0.944 bits per heavy atom. The maximum atomic E-state index is 4.46. The zero-order chi connectivity index (χ0) is 13.3. The third-order valence-electron chi connectivity index (χ3n) is 3.32. The van der Waals surface area contributed by atoms with Crippen molar-refractivity contribution in [2.75, 3.05) is 0 Å². The molecule has 1 aromatic carbocycles. The highest BCUT2D eigenvalue weighted by Gasteiger charge is 2.17. The van der Waals surface area contributed by atoms with Gasteiger partial charge in [0.15, 0.2) is 0 Å². The SMILES string of the molecule is Cc1cc(C(C)(C)C)cc(C)c1-c1ccccn1. The Hall–Kier alpha value is -1.63. The van der Waals surface area contributed by atoms with Gasteiger partial charge in [-0.05, 0) is 48.1 Å². The lowest BCUT2D eigenvalue weighted by atomic mass is 9.83. The van der Waals surface area contributed by atoms with E-state index in [9.17, 15) is 0 Å². The minimum absolute atomic E-state index is 0.193. The van der Waals surface area contributed by atoms with Gasteiger partial charge in [-0.3, -0.25) is 4.98 Å². The molecule has 1 heteroatoms. The van der Waals surface area contributed by atoms with Crippen molar-refractivity contribution in [1.29, 1.82) is 0 Å². The number of benzene rings is 1. The quantitative estimate of drug-likeness (QED) is 0.705. The van der Waals surface area contributed by atoms with Crippen molar-refractivity contribution in [3.05, 3.63) is 53.2 Å². The number of hydrogen-bond donors (Lipinski definition) is 0.